The van der Waals surface area contributed by atoms with Crippen LogP contribution >= 0.6 is 13.5 Å². The Bertz CT molecular complexity index is 513. The normalized spacial score (nSPS) is 24.9. The van der Waals surface area contributed by atoms with E-state index in [9.17, 15) is 10.2 Å². The van der Waals surface area contributed by atoms with Crippen molar-refractivity contribution in [2.45, 2.75) is 137 Å². The first-order valence-electron chi connectivity index (χ1n) is 10.5. The molecule has 196 valence electrons. The molecular formula is C25H58O4SSi2. The van der Waals surface area contributed by atoms with Crippen LogP contribution in [0.3, 0.4) is 0 Å². The molecule has 0 saturated carbocycles. The van der Waals surface area contributed by atoms with E-state index in [0.717, 1.165) is 12.8 Å². The summed E-state index contributed by atoms with van der Waals surface area (Å²) in [5.41, 5.74) is 0. The van der Waals surface area contributed by atoms with Crippen LogP contribution in [0, 0.1) is 0 Å². The summed E-state index contributed by atoms with van der Waals surface area (Å²) in [6, 6.07) is 0. The molecule has 0 unspecified atom stereocenters. The highest BCUT2D eigenvalue weighted by atomic mass is 32.1. The van der Waals surface area contributed by atoms with Gasteiger partial charge in [0, 0.05) is 12.8 Å². The Morgan fingerprint density at radius 2 is 0.875 bits per heavy atom. The highest BCUT2D eigenvalue weighted by molar-refractivity contribution is 7.59. The van der Waals surface area contributed by atoms with Gasteiger partial charge in [-0.15, -0.1) is 0 Å². The SMILES string of the molecule is C.C.C.CC(C)(C)[Si](C)(C)O[C@H]1C=C[C@@H](O)C1.CC(C)(C)[Si](C)(C)O[C@H]1C=C[C@H](O)C1.S. The third kappa shape index (κ3) is 12.0. The average Bonchev–Trinajstić information content (AvgIpc) is 3.05. The smallest absolute Gasteiger partial charge is 0.192 e. The predicted molar refractivity (Wildman–Crippen MR) is 154 cm³/mol. The van der Waals surface area contributed by atoms with Gasteiger partial charge in [0.1, 0.15) is 0 Å². The molecule has 0 aromatic carbocycles. The second-order valence-corrected chi connectivity index (χ2v) is 20.7. The topological polar surface area (TPSA) is 58.9 Å². The van der Waals surface area contributed by atoms with E-state index in [-0.39, 0.29) is 70.3 Å². The van der Waals surface area contributed by atoms with Gasteiger partial charge < -0.3 is 19.1 Å². The minimum Gasteiger partial charge on any atom is -0.410 e. The van der Waals surface area contributed by atoms with Gasteiger partial charge in [0.2, 0.25) is 0 Å². The molecule has 0 fully saturated rings. The number of hydrogen-bond donors (Lipinski definition) is 2. The van der Waals surface area contributed by atoms with Crippen molar-refractivity contribution in [1.29, 1.82) is 0 Å². The summed E-state index contributed by atoms with van der Waals surface area (Å²) in [4.78, 5) is 0. The summed E-state index contributed by atoms with van der Waals surface area (Å²) >= 11 is 0. The minimum absolute atomic E-state index is 0. The molecule has 4 atom stereocenters. The van der Waals surface area contributed by atoms with Crippen LogP contribution in [0.25, 0.3) is 0 Å². The van der Waals surface area contributed by atoms with Crippen LogP contribution in [0.1, 0.15) is 76.7 Å². The van der Waals surface area contributed by atoms with E-state index >= 15 is 0 Å². The molecule has 0 amide bonds. The molecule has 4 nitrogen and oxygen atoms in total. The van der Waals surface area contributed by atoms with E-state index in [1.165, 1.54) is 0 Å². The first kappa shape index (κ1) is 39.3. The Morgan fingerprint density at radius 1 is 0.625 bits per heavy atom. The second kappa shape index (κ2) is 14.5. The van der Waals surface area contributed by atoms with E-state index in [2.05, 4.69) is 67.7 Å². The molecular weight excluding hydrogens is 453 g/mol. The maximum absolute atomic E-state index is 9.35. The van der Waals surface area contributed by atoms with Crippen molar-refractivity contribution in [3.05, 3.63) is 24.3 Å². The third-order valence-corrected chi connectivity index (χ3v) is 15.6. The third-order valence-electron chi connectivity index (χ3n) is 6.55. The van der Waals surface area contributed by atoms with Crippen LogP contribution in [0.4, 0.5) is 0 Å². The maximum atomic E-state index is 9.35. The van der Waals surface area contributed by atoms with E-state index in [0.29, 0.717) is 0 Å². The Morgan fingerprint density at radius 3 is 1.03 bits per heavy atom. The van der Waals surface area contributed by atoms with Crippen LogP contribution < -0.4 is 0 Å². The van der Waals surface area contributed by atoms with Gasteiger partial charge in [-0.2, -0.15) is 13.5 Å². The number of aliphatic hydroxyl groups is 2. The zero-order valence-corrected chi connectivity index (χ0v) is 23.2. The zero-order valence-electron chi connectivity index (χ0n) is 20.2. The van der Waals surface area contributed by atoms with Gasteiger partial charge in [0.15, 0.2) is 16.6 Å². The summed E-state index contributed by atoms with van der Waals surface area (Å²) in [5, 5.41) is 19.2. The fourth-order valence-corrected chi connectivity index (χ4v) is 5.15. The molecule has 0 spiro atoms. The number of hydrogen-bond acceptors (Lipinski definition) is 4. The summed E-state index contributed by atoms with van der Waals surface area (Å²) in [5.74, 6) is 0. The fraction of sp³-hybridized carbons (Fsp3) is 0.840. The molecule has 2 aliphatic carbocycles. The molecule has 0 aromatic heterocycles. The summed E-state index contributed by atoms with van der Waals surface area (Å²) < 4.78 is 12.3. The monoisotopic (exact) mass is 510 g/mol. The Balaban J connectivity index is -0.000000218. The molecule has 0 saturated heterocycles. The lowest BCUT2D eigenvalue weighted by Crippen LogP contribution is -2.43. The van der Waals surface area contributed by atoms with E-state index in [1.807, 2.05) is 24.3 Å². The van der Waals surface area contributed by atoms with Crippen LogP contribution in [0.5, 0.6) is 0 Å². The maximum Gasteiger partial charge on any atom is 0.192 e. The van der Waals surface area contributed by atoms with Crippen molar-refractivity contribution >= 4 is 30.1 Å². The first-order valence-corrected chi connectivity index (χ1v) is 16.3. The predicted octanol–water partition coefficient (Wildman–Crippen LogP) is 7.42. The molecule has 0 aliphatic heterocycles. The quantitative estimate of drug-likeness (QED) is 0.305. The van der Waals surface area contributed by atoms with Crippen LogP contribution in [0.2, 0.25) is 36.3 Å². The molecule has 2 aliphatic rings. The minimum atomic E-state index is -1.66. The highest BCUT2D eigenvalue weighted by Gasteiger charge is 2.40. The molecule has 0 aromatic rings. The molecule has 2 rings (SSSR count). The van der Waals surface area contributed by atoms with Crippen LogP contribution in [-0.4, -0.2) is 51.3 Å². The molecule has 32 heavy (non-hydrogen) atoms. The van der Waals surface area contributed by atoms with Crippen molar-refractivity contribution in [3.8, 4) is 0 Å². The second-order valence-electron chi connectivity index (χ2n) is 11.2. The lowest BCUT2D eigenvalue weighted by molar-refractivity contribution is 0.155. The van der Waals surface area contributed by atoms with Gasteiger partial charge in [-0.1, -0.05) is 88.1 Å². The van der Waals surface area contributed by atoms with Crippen molar-refractivity contribution in [1.82, 2.24) is 0 Å². The largest absolute Gasteiger partial charge is 0.410 e. The lowest BCUT2D eigenvalue weighted by atomic mass is 10.2. The molecule has 0 bridgehead atoms. The Labute approximate surface area is 210 Å². The van der Waals surface area contributed by atoms with Crippen LogP contribution in [0.15, 0.2) is 24.3 Å². The molecule has 0 heterocycles. The molecule has 0 radical (unpaired) electrons. The van der Waals surface area contributed by atoms with Crippen molar-refractivity contribution in [2.75, 3.05) is 0 Å². The van der Waals surface area contributed by atoms with Crippen molar-refractivity contribution in [2.24, 2.45) is 0 Å². The lowest BCUT2D eigenvalue weighted by Gasteiger charge is -2.38. The van der Waals surface area contributed by atoms with Crippen molar-refractivity contribution < 1.29 is 19.1 Å². The average molecular weight is 511 g/mol. The fourth-order valence-electron chi connectivity index (χ4n) is 2.58. The van der Waals surface area contributed by atoms with Gasteiger partial charge in [0.05, 0.1) is 24.4 Å². The Kier molecular flexibility index (Phi) is 17.8. The molecule has 2 N–H and O–H groups in total. The van der Waals surface area contributed by atoms with Gasteiger partial charge >= 0.3 is 0 Å². The van der Waals surface area contributed by atoms with Gasteiger partial charge in [-0.3, -0.25) is 0 Å². The Hall–Kier alpha value is 0.104. The summed E-state index contributed by atoms with van der Waals surface area (Å²) in [6.45, 7) is 22.3. The zero-order chi connectivity index (χ0) is 22.0. The van der Waals surface area contributed by atoms with E-state index < -0.39 is 16.6 Å². The standard InChI is InChI=1S/2C11H22O2Si.3CH4.H2S/c2*1-11(2,3)14(4,5)13-10-7-6-9(12)8-10;;;;/h2*6-7,9-10,12H,8H2,1-5H3;3*1H4;1H2/t9-,10+;9-,10-;;;;/m10..../s1. The number of rotatable bonds is 4. The van der Waals surface area contributed by atoms with E-state index in [1.54, 1.807) is 0 Å². The summed E-state index contributed by atoms with van der Waals surface area (Å²) in [7, 11) is -3.32. The molecule has 7 heteroatoms. The highest BCUT2D eigenvalue weighted by Crippen LogP contribution is 2.39. The first-order chi connectivity index (χ1) is 12.4. The summed E-state index contributed by atoms with van der Waals surface area (Å²) in [6.07, 6.45) is 8.76. The number of aliphatic hydroxyl groups excluding tert-OH is 2. The van der Waals surface area contributed by atoms with Gasteiger partial charge in [0.25, 0.3) is 0 Å². The van der Waals surface area contributed by atoms with Crippen LogP contribution in [-0.2, 0) is 8.85 Å². The van der Waals surface area contributed by atoms with Gasteiger partial charge in [-0.25, -0.2) is 0 Å². The van der Waals surface area contributed by atoms with Crippen molar-refractivity contribution in [3.63, 3.8) is 0 Å². The van der Waals surface area contributed by atoms with Gasteiger partial charge in [-0.05, 0) is 36.3 Å². The van der Waals surface area contributed by atoms with E-state index in [4.69, 9.17) is 8.85 Å².